The smallest absolute Gasteiger partial charge is 0.191 e. The van der Waals surface area contributed by atoms with Crippen LogP contribution in [0.1, 0.15) is 48.0 Å². The molecule has 1 aromatic carbocycles. The summed E-state index contributed by atoms with van der Waals surface area (Å²) in [5, 5.41) is 9.99. The molecule has 1 aliphatic heterocycles. The van der Waals surface area contributed by atoms with Crippen molar-refractivity contribution in [2.45, 2.75) is 45.7 Å². The SMILES string of the molecule is CN=C(NCc1ccc2c(c1)CCCN2C)NCc1nc(C(C)C)cs1. The van der Waals surface area contributed by atoms with Crippen LogP contribution in [0.4, 0.5) is 5.69 Å². The van der Waals surface area contributed by atoms with Crippen LogP contribution in [0.25, 0.3) is 0 Å². The second kappa shape index (κ2) is 8.54. The topological polar surface area (TPSA) is 52.6 Å². The van der Waals surface area contributed by atoms with Gasteiger partial charge in [-0.3, -0.25) is 4.99 Å². The third kappa shape index (κ3) is 4.55. The lowest BCUT2D eigenvalue weighted by molar-refractivity contribution is 0.740. The first-order valence-corrected chi connectivity index (χ1v) is 10.2. The molecule has 0 aliphatic carbocycles. The van der Waals surface area contributed by atoms with Crippen molar-refractivity contribution in [3.63, 3.8) is 0 Å². The molecule has 140 valence electrons. The molecule has 26 heavy (non-hydrogen) atoms. The summed E-state index contributed by atoms with van der Waals surface area (Å²) in [6.07, 6.45) is 2.40. The van der Waals surface area contributed by atoms with E-state index < -0.39 is 0 Å². The molecule has 0 fully saturated rings. The predicted octanol–water partition coefficient (Wildman–Crippen LogP) is 3.51. The molecule has 2 N–H and O–H groups in total. The van der Waals surface area contributed by atoms with Crippen LogP contribution in [0, 0.1) is 0 Å². The summed E-state index contributed by atoms with van der Waals surface area (Å²) in [6, 6.07) is 6.77. The number of aryl methyl sites for hydroxylation is 1. The molecule has 0 atom stereocenters. The first-order valence-electron chi connectivity index (χ1n) is 9.28. The number of rotatable bonds is 5. The van der Waals surface area contributed by atoms with E-state index in [1.165, 1.54) is 29.7 Å². The zero-order valence-corrected chi connectivity index (χ0v) is 17.0. The van der Waals surface area contributed by atoms with Crippen molar-refractivity contribution < 1.29 is 0 Å². The maximum absolute atomic E-state index is 4.66. The number of fused-ring (bicyclic) bond motifs is 1. The van der Waals surface area contributed by atoms with Gasteiger partial charge in [0.1, 0.15) is 5.01 Å². The van der Waals surface area contributed by atoms with Gasteiger partial charge in [-0.1, -0.05) is 26.0 Å². The predicted molar refractivity (Wildman–Crippen MR) is 111 cm³/mol. The van der Waals surface area contributed by atoms with Crippen molar-refractivity contribution in [3.8, 4) is 0 Å². The van der Waals surface area contributed by atoms with E-state index in [9.17, 15) is 0 Å². The third-order valence-electron chi connectivity index (χ3n) is 4.75. The average molecular weight is 372 g/mol. The molecule has 3 rings (SSSR count). The Kier molecular flexibility index (Phi) is 6.14. The van der Waals surface area contributed by atoms with E-state index in [2.05, 4.69) is 70.0 Å². The number of aliphatic imine (C=N–C) groups is 1. The van der Waals surface area contributed by atoms with Crippen LogP contribution < -0.4 is 15.5 Å². The van der Waals surface area contributed by atoms with Crippen molar-refractivity contribution in [2.75, 3.05) is 25.5 Å². The van der Waals surface area contributed by atoms with E-state index >= 15 is 0 Å². The van der Waals surface area contributed by atoms with Crippen LogP contribution in [0.15, 0.2) is 28.6 Å². The van der Waals surface area contributed by atoms with Gasteiger partial charge in [-0.25, -0.2) is 4.98 Å². The number of hydrogen-bond donors (Lipinski definition) is 2. The fourth-order valence-electron chi connectivity index (χ4n) is 3.19. The fourth-order valence-corrected chi connectivity index (χ4v) is 4.08. The number of guanidine groups is 1. The molecule has 2 aromatic rings. The molecule has 0 spiro atoms. The Bertz CT molecular complexity index is 765. The number of anilines is 1. The quantitative estimate of drug-likeness (QED) is 0.624. The first kappa shape index (κ1) is 18.7. The summed E-state index contributed by atoms with van der Waals surface area (Å²) in [5.41, 5.74) is 5.27. The van der Waals surface area contributed by atoms with Crippen molar-refractivity contribution in [1.29, 1.82) is 0 Å². The molecule has 1 aliphatic rings. The minimum atomic E-state index is 0.473. The second-order valence-electron chi connectivity index (χ2n) is 7.09. The molecule has 0 amide bonds. The molecule has 0 radical (unpaired) electrons. The molecule has 0 saturated heterocycles. The molecular weight excluding hydrogens is 342 g/mol. The lowest BCUT2D eigenvalue weighted by atomic mass is 9.99. The van der Waals surface area contributed by atoms with E-state index in [1.54, 1.807) is 18.4 Å². The van der Waals surface area contributed by atoms with Crippen molar-refractivity contribution >= 4 is 23.0 Å². The highest BCUT2D eigenvalue weighted by Gasteiger charge is 2.13. The Morgan fingerprint density at radius 2 is 2.12 bits per heavy atom. The fraction of sp³-hybridized carbons (Fsp3) is 0.500. The summed E-state index contributed by atoms with van der Waals surface area (Å²) in [4.78, 5) is 11.3. The van der Waals surface area contributed by atoms with Gasteiger partial charge in [-0.15, -0.1) is 11.3 Å². The number of benzene rings is 1. The summed E-state index contributed by atoms with van der Waals surface area (Å²) < 4.78 is 0. The van der Waals surface area contributed by atoms with Gasteiger partial charge in [0.15, 0.2) is 5.96 Å². The largest absolute Gasteiger partial charge is 0.374 e. The van der Waals surface area contributed by atoms with Crippen LogP contribution in [-0.2, 0) is 19.5 Å². The van der Waals surface area contributed by atoms with Gasteiger partial charge in [0, 0.05) is 38.3 Å². The van der Waals surface area contributed by atoms with Crippen molar-refractivity contribution in [3.05, 3.63) is 45.4 Å². The average Bonchev–Trinajstić information content (AvgIpc) is 3.11. The van der Waals surface area contributed by atoms with Crippen LogP contribution in [0.5, 0.6) is 0 Å². The molecule has 2 heterocycles. The summed E-state index contributed by atoms with van der Waals surface area (Å²) in [6.45, 7) is 6.96. The van der Waals surface area contributed by atoms with E-state index in [4.69, 9.17) is 0 Å². The van der Waals surface area contributed by atoms with E-state index in [-0.39, 0.29) is 0 Å². The van der Waals surface area contributed by atoms with Gasteiger partial charge in [-0.05, 0) is 36.0 Å². The standard InChI is InChI=1S/C20H29N5S/c1-14(2)17-13-26-19(24-17)12-23-20(21-3)22-11-15-7-8-18-16(10-15)6-5-9-25(18)4/h7-8,10,13-14H,5-6,9,11-12H2,1-4H3,(H2,21,22,23). The Hall–Kier alpha value is -2.08. The Morgan fingerprint density at radius 1 is 1.31 bits per heavy atom. The molecule has 0 saturated carbocycles. The zero-order chi connectivity index (χ0) is 18.5. The van der Waals surface area contributed by atoms with Gasteiger partial charge in [0.05, 0.1) is 12.2 Å². The van der Waals surface area contributed by atoms with Crippen molar-refractivity contribution in [1.82, 2.24) is 15.6 Å². The number of nitrogens with one attached hydrogen (secondary N) is 2. The van der Waals surface area contributed by atoms with Gasteiger partial charge in [-0.2, -0.15) is 0 Å². The number of thiazole rings is 1. The van der Waals surface area contributed by atoms with Gasteiger partial charge in [0.2, 0.25) is 0 Å². The van der Waals surface area contributed by atoms with Gasteiger partial charge >= 0.3 is 0 Å². The summed E-state index contributed by atoms with van der Waals surface area (Å²) in [7, 11) is 3.98. The first-order chi connectivity index (χ1) is 12.6. The normalized spacial score (nSPS) is 14.5. The highest BCUT2D eigenvalue weighted by molar-refractivity contribution is 7.09. The lowest BCUT2D eigenvalue weighted by Gasteiger charge is -2.28. The maximum Gasteiger partial charge on any atom is 0.191 e. The van der Waals surface area contributed by atoms with Crippen molar-refractivity contribution in [2.24, 2.45) is 4.99 Å². The Labute approximate surface area is 160 Å². The number of nitrogens with zero attached hydrogens (tertiary/aromatic N) is 3. The Balaban J connectivity index is 1.54. The van der Waals surface area contributed by atoms with E-state index in [0.717, 1.165) is 29.8 Å². The zero-order valence-electron chi connectivity index (χ0n) is 16.2. The lowest BCUT2D eigenvalue weighted by Crippen LogP contribution is -2.36. The maximum atomic E-state index is 4.66. The molecular formula is C20H29N5S. The highest BCUT2D eigenvalue weighted by Crippen LogP contribution is 2.26. The highest BCUT2D eigenvalue weighted by atomic mass is 32.1. The molecule has 6 heteroatoms. The van der Waals surface area contributed by atoms with Crippen LogP contribution >= 0.6 is 11.3 Å². The monoisotopic (exact) mass is 371 g/mol. The van der Waals surface area contributed by atoms with Crippen LogP contribution in [-0.4, -0.2) is 31.6 Å². The van der Waals surface area contributed by atoms with Crippen LogP contribution in [0.2, 0.25) is 0 Å². The third-order valence-corrected chi connectivity index (χ3v) is 5.61. The molecule has 1 aromatic heterocycles. The summed E-state index contributed by atoms with van der Waals surface area (Å²) in [5.74, 6) is 1.28. The molecule has 5 nitrogen and oxygen atoms in total. The Morgan fingerprint density at radius 3 is 2.85 bits per heavy atom. The number of hydrogen-bond acceptors (Lipinski definition) is 4. The van der Waals surface area contributed by atoms with Gasteiger partial charge in [0.25, 0.3) is 0 Å². The second-order valence-corrected chi connectivity index (χ2v) is 8.03. The number of aromatic nitrogens is 1. The van der Waals surface area contributed by atoms with E-state index in [0.29, 0.717) is 12.5 Å². The van der Waals surface area contributed by atoms with Crippen LogP contribution in [0.3, 0.4) is 0 Å². The molecule has 0 bridgehead atoms. The summed E-state index contributed by atoms with van der Waals surface area (Å²) >= 11 is 1.70. The minimum absolute atomic E-state index is 0.473. The van der Waals surface area contributed by atoms with Gasteiger partial charge < -0.3 is 15.5 Å². The van der Waals surface area contributed by atoms with E-state index in [1.807, 2.05) is 0 Å². The molecule has 0 unspecified atom stereocenters. The minimum Gasteiger partial charge on any atom is -0.374 e.